The van der Waals surface area contributed by atoms with Crippen LogP contribution in [-0.4, -0.2) is 46.6 Å². The van der Waals surface area contributed by atoms with Crippen LogP contribution in [0.2, 0.25) is 0 Å². The summed E-state index contributed by atoms with van der Waals surface area (Å²) < 4.78 is 0. The van der Waals surface area contributed by atoms with Gasteiger partial charge in [-0.1, -0.05) is 0 Å². The van der Waals surface area contributed by atoms with Gasteiger partial charge in [-0.3, -0.25) is 0 Å². The monoisotopic (exact) mass is 180 g/mol. The Morgan fingerprint density at radius 1 is 0.833 bits per heavy atom. The van der Waals surface area contributed by atoms with E-state index in [0.717, 1.165) is 14.2 Å². The minimum absolute atomic E-state index is 0.558. The number of aliphatic carboxylic acids is 2. The Hall–Kier alpha value is -1.40. The van der Waals surface area contributed by atoms with E-state index >= 15 is 0 Å². The Morgan fingerprint density at radius 3 is 1.08 bits per heavy atom. The van der Waals surface area contributed by atoms with Crippen LogP contribution in [0.15, 0.2) is 12.2 Å². The highest BCUT2D eigenvalue weighted by molar-refractivity contribution is 5.89. The fourth-order valence-electron chi connectivity index (χ4n) is 0.143. The smallest absolute Gasteiger partial charge is 0.328 e. The van der Waals surface area contributed by atoms with Crippen molar-refractivity contribution in [2.24, 2.45) is 0 Å². The second-order valence-electron chi connectivity index (χ2n) is 1.01. The number of aliphatic hydroxyl groups is 2. The first kappa shape index (κ1) is 16.9. The number of carbonyl (C=O) groups is 2. The molecular weight excluding hydrogens is 168 g/mol. The first-order valence-corrected chi connectivity index (χ1v) is 2.66. The topological polar surface area (TPSA) is 115 Å². The molecule has 0 aliphatic carbocycles. The van der Waals surface area contributed by atoms with E-state index in [1.807, 2.05) is 0 Å². The summed E-state index contributed by atoms with van der Waals surface area (Å²) in [6, 6.07) is 0. The van der Waals surface area contributed by atoms with Crippen molar-refractivity contribution < 1.29 is 30.0 Å². The third kappa shape index (κ3) is 38.3. The predicted octanol–water partition coefficient (Wildman–Crippen LogP) is -1.07. The lowest BCUT2D eigenvalue weighted by Gasteiger charge is -1.74. The van der Waals surface area contributed by atoms with Gasteiger partial charge < -0.3 is 20.4 Å². The second-order valence-corrected chi connectivity index (χ2v) is 1.01. The summed E-state index contributed by atoms with van der Waals surface area (Å²) in [5.41, 5.74) is 0. The number of aliphatic hydroxyl groups excluding tert-OH is 2. The highest BCUT2D eigenvalue weighted by Crippen LogP contribution is 1.70. The van der Waals surface area contributed by atoms with Crippen LogP contribution >= 0.6 is 0 Å². The van der Waals surface area contributed by atoms with Gasteiger partial charge in [0.2, 0.25) is 0 Å². The summed E-state index contributed by atoms with van der Waals surface area (Å²) >= 11 is 0. The normalized spacial score (nSPS) is 7.33. The number of hydrogen-bond donors (Lipinski definition) is 4. The molecule has 72 valence electrons. The Morgan fingerprint density at radius 2 is 1.00 bits per heavy atom. The van der Waals surface area contributed by atoms with Crippen LogP contribution in [-0.2, 0) is 9.59 Å². The van der Waals surface area contributed by atoms with Crippen LogP contribution in [0.25, 0.3) is 0 Å². The Labute approximate surface area is 69.4 Å². The molecule has 0 fully saturated rings. The molecular formula is C6H12O6. The van der Waals surface area contributed by atoms with E-state index in [-0.39, 0.29) is 0 Å². The van der Waals surface area contributed by atoms with Crippen LogP contribution in [0, 0.1) is 0 Å². The molecule has 0 aromatic rings. The van der Waals surface area contributed by atoms with Crippen LogP contribution in [0.4, 0.5) is 0 Å². The van der Waals surface area contributed by atoms with Gasteiger partial charge in [-0.05, 0) is 0 Å². The van der Waals surface area contributed by atoms with Crippen molar-refractivity contribution >= 4 is 11.9 Å². The van der Waals surface area contributed by atoms with Gasteiger partial charge >= 0.3 is 11.9 Å². The Balaban J connectivity index is -0.000000175. The van der Waals surface area contributed by atoms with Crippen molar-refractivity contribution in [3.63, 3.8) is 0 Å². The molecule has 6 nitrogen and oxygen atoms in total. The van der Waals surface area contributed by atoms with E-state index in [1.165, 1.54) is 0 Å². The van der Waals surface area contributed by atoms with Gasteiger partial charge in [0.25, 0.3) is 0 Å². The van der Waals surface area contributed by atoms with Gasteiger partial charge in [0.1, 0.15) is 0 Å². The molecule has 0 saturated carbocycles. The molecule has 12 heavy (non-hydrogen) atoms. The van der Waals surface area contributed by atoms with Crippen molar-refractivity contribution in [2.45, 2.75) is 0 Å². The van der Waals surface area contributed by atoms with Gasteiger partial charge in [-0.15, -0.1) is 0 Å². The minimum Gasteiger partial charge on any atom is -0.478 e. The molecule has 0 unspecified atom stereocenters. The van der Waals surface area contributed by atoms with Gasteiger partial charge in [-0.25, -0.2) is 9.59 Å². The lowest BCUT2D eigenvalue weighted by atomic mass is 10.5. The quantitative estimate of drug-likeness (QED) is 0.402. The first-order valence-electron chi connectivity index (χ1n) is 2.66. The molecule has 0 radical (unpaired) electrons. The van der Waals surface area contributed by atoms with Gasteiger partial charge in [0.15, 0.2) is 0 Å². The molecule has 0 amide bonds. The van der Waals surface area contributed by atoms with E-state index in [9.17, 15) is 9.59 Å². The van der Waals surface area contributed by atoms with Crippen molar-refractivity contribution in [2.75, 3.05) is 14.2 Å². The van der Waals surface area contributed by atoms with Crippen molar-refractivity contribution in [1.82, 2.24) is 0 Å². The summed E-state index contributed by atoms with van der Waals surface area (Å²) in [6.45, 7) is 0. The molecule has 0 spiro atoms. The van der Waals surface area contributed by atoms with Gasteiger partial charge in [-0.2, -0.15) is 0 Å². The number of carboxylic acid groups (broad SMARTS) is 2. The molecule has 0 aliphatic heterocycles. The molecule has 0 bridgehead atoms. The average Bonchev–Trinajstić information content (AvgIpc) is 2.08. The molecule has 0 heterocycles. The summed E-state index contributed by atoms with van der Waals surface area (Å²) in [7, 11) is 2.00. The summed E-state index contributed by atoms with van der Waals surface area (Å²) in [5.74, 6) is -2.51. The highest BCUT2D eigenvalue weighted by Gasteiger charge is 1.88. The third-order valence-electron chi connectivity index (χ3n) is 0.368. The van der Waals surface area contributed by atoms with Crippen molar-refractivity contribution in [3.05, 3.63) is 12.2 Å². The molecule has 0 aliphatic rings. The fourth-order valence-corrected chi connectivity index (χ4v) is 0.143. The SMILES string of the molecule is CO.CO.O=C(O)C=CC(=O)O. The predicted molar refractivity (Wildman–Crippen MR) is 40.7 cm³/mol. The van der Waals surface area contributed by atoms with Crippen molar-refractivity contribution in [3.8, 4) is 0 Å². The molecule has 0 atom stereocenters. The number of rotatable bonds is 2. The minimum atomic E-state index is -1.26. The maximum atomic E-state index is 9.55. The molecule has 0 rings (SSSR count). The zero-order valence-electron chi connectivity index (χ0n) is 6.76. The zero-order chi connectivity index (χ0) is 10.6. The van der Waals surface area contributed by atoms with E-state index in [2.05, 4.69) is 0 Å². The van der Waals surface area contributed by atoms with Crippen LogP contribution < -0.4 is 0 Å². The highest BCUT2D eigenvalue weighted by atomic mass is 16.4. The molecule has 0 saturated heterocycles. The second kappa shape index (κ2) is 16.3. The van der Waals surface area contributed by atoms with E-state index in [1.54, 1.807) is 0 Å². The molecule has 4 N–H and O–H groups in total. The maximum absolute atomic E-state index is 9.55. The Bertz CT molecular complexity index is 123. The van der Waals surface area contributed by atoms with Gasteiger partial charge in [0, 0.05) is 26.4 Å². The summed E-state index contributed by atoms with van der Waals surface area (Å²) in [4.78, 5) is 19.1. The van der Waals surface area contributed by atoms with Crippen LogP contribution in [0.1, 0.15) is 0 Å². The van der Waals surface area contributed by atoms with E-state index < -0.39 is 11.9 Å². The standard InChI is InChI=1S/C4H4O4.2CH4O/c5-3(6)1-2-4(7)8;2*1-2/h1-2H,(H,5,6)(H,7,8);2*2H,1H3. The fraction of sp³-hybridized carbons (Fsp3) is 0.333. The zero-order valence-corrected chi connectivity index (χ0v) is 6.76. The number of carboxylic acids is 2. The van der Waals surface area contributed by atoms with E-state index in [4.69, 9.17) is 20.4 Å². The summed E-state index contributed by atoms with van der Waals surface area (Å²) in [5, 5.41) is 29.6. The first-order chi connectivity index (χ1) is 5.63. The van der Waals surface area contributed by atoms with Crippen LogP contribution in [0.3, 0.4) is 0 Å². The maximum Gasteiger partial charge on any atom is 0.328 e. The summed E-state index contributed by atoms with van der Waals surface area (Å²) in [6.07, 6.45) is 1.12. The van der Waals surface area contributed by atoms with E-state index in [0.29, 0.717) is 12.2 Å². The largest absolute Gasteiger partial charge is 0.478 e. The van der Waals surface area contributed by atoms with Crippen LogP contribution in [0.5, 0.6) is 0 Å². The van der Waals surface area contributed by atoms with Gasteiger partial charge in [0.05, 0.1) is 0 Å². The lowest BCUT2D eigenvalue weighted by molar-refractivity contribution is -0.134. The lowest BCUT2D eigenvalue weighted by Crippen LogP contribution is -1.91. The third-order valence-corrected chi connectivity index (χ3v) is 0.368. The molecule has 0 aromatic carbocycles. The Kier molecular flexibility index (Phi) is 23.0. The average molecular weight is 180 g/mol. The molecule has 0 aromatic heterocycles. The number of hydrogen-bond acceptors (Lipinski definition) is 4. The molecule has 6 heteroatoms. The van der Waals surface area contributed by atoms with Crippen molar-refractivity contribution in [1.29, 1.82) is 0 Å².